The zero-order chi connectivity index (χ0) is 21.5. The van der Waals surface area contributed by atoms with Crippen LogP contribution in [0.3, 0.4) is 0 Å². The highest BCUT2D eigenvalue weighted by Crippen LogP contribution is 2.44. The van der Waals surface area contributed by atoms with Gasteiger partial charge in [0.05, 0.1) is 19.9 Å². The predicted octanol–water partition coefficient (Wildman–Crippen LogP) is 3.47. The number of nitrogens with one attached hydrogen (secondary N) is 1. The number of benzene rings is 2. The molecule has 1 amide bonds. The van der Waals surface area contributed by atoms with E-state index in [1.54, 1.807) is 25.1 Å². The van der Waals surface area contributed by atoms with Gasteiger partial charge in [-0.1, -0.05) is 17.7 Å². The highest BCUT2D eigenvalue weighted by molar-refractivity contribution is 7.97. The minimum atomic E-state index is -4.05. The Hall–Kier alpha value is -3.00. The van der Waals surface area contributed by atoms with E-state index < -0.39 is 15.9 Å². The van der Waals surface area contributed by atoms with Crippen molar-refractivity contribution >= 4 is 32.9 Å². The van der Waals surface area contributed by atoms with Crippen molar-refractivity contribution in [1.29, 1.82) is 0 Å². The monoisotopic (exact) mass is 416 g/mol. The number of hydrogen-bond acceptors (Lipinski definition) is 5. The molecule has 0 spiro atoms. The van der Waals surface area contributed by atoms with Crippen LogP contribution in [0.1, 0.15) is 23.6 Å². The summed E-state index contributed by atoms with van der Waals surface area (Å²) in [6.07, 6.45) is 0. The van der Waals surface area contributed by atoms with Crippen molar-refractivity contribution in [3.05, 3.63) is 51.9 Å². The van der Waals surface area contributed by atoms with E-state index >= 15 is 0 Å². The number of anilines is 2. The second-order valence-electron chi connectivity index (χ2n) is 6.92. The van der Waals surface area contributed by atoms with Crippen molar-refractivity contribution in [2.75, 3.05) is 30.9 Å². The molecule has 0 atom stereocenters. The summed E-state index contributed by atoms with van der Waals surface area (Å²) in [5.74, 6) is 0.179. The molecule has 0 fully saturated rings. The Balaban J connectivity index is 2.15. The topological polar surface area (TPSA) is 84.9 Å². The van der Waals surface area contributed by atoms with Gasteiger partial charge in [-0.05, 0) is 44.0 Å². The second-order valence-corrected chi connectivity index (χ2v) is 8.83. The molecule has 0 saturated carbocycles. The molecule has 0 bridgehead atoms. The maximum Gasteiger partial charge on any atom is 0.269 e. The van der Waals surface area contributed by atoms with Crippen LogP contribution < -0.4 is 19.1 Å². The molecule has 8 heteroatoms. The van der Waals surface area contributed by atoms with Crippen molar-refractivity contribution in [3.8, 4) is 11.5 Å². The van der Waals surface area contributed by atoms with Crippen molar-refractivity contribution < 1.29 is 22.7 Å². The maximum absolute atomic E-state index is 13.1. The average Bonchev–Trinajstić information content (AvgIpc) is 2.67. The molecular weight excluding hydrogens is 392 g/mol. The molecular formula is C21H24N2O5S. The largest absolute Gasteiger partial charge is 0.493 e. The highest BCUT2D eigenvalue weighted by Gasteiger charge is 2.38. The molecule has 1 aliphatic heterocycles. The first-order valence-corrected chi connectivity index (χ1v) is 10.4. The Bertz CT molecular complexity index is 1140. The number of allylic oxidation sites excluding steroid dienone is 1. The smallest absolute Gasteiger partial charge is 0.269 e. The van der Waals surface area contributed by atoms with Gasteiger partial charge in [0.2, 0.25) is 0 Å². The van der Waals surface area contributed by atoms with Crippen LogP contribution in [0.15, 0.2) is 35.2 Å². The van der Waals surface area contributed by atoms with Gasteiger partial charge >= 0.3 is 0 Å². The van der Waals surface area contributed by atoms with Gasteiger partial charge in [-0.2, -0.15) is 0 Å². The molecule has 0 aliphatic carbocycles. The predicted molar refractivity (Wildman–Crippen MR) is 114 cm³/mol. The lowest BCUT2D eigenvalue weighted by atomic mass is 10.0. The lowest BCUT2D eigenvalue weighted by Gasteiger charge is -2.30. The third-order valence-corrected chi connectivity index (χ3v) is 6.97. The molecule has 0 saturated heterocycles. The Morgan fingerprint density at radius 3 is 2.21 bits per heavy atom. The molecule has 1 heterocycles. The van der Waals surface area contributed by atoms with E-state index in [9.17, 15) is 13.2 Å². The zero-order valence-corrected chi connectivity index (χ0v) is 18.1. The van der Waals surface area contributed by atoms with Gasteiger partial charge in [-0.3, -0.25) is 9.10 Å². The van der Waals surface area contributed by atoms with Crippen molar-refractivity contribution in [2.24, 2.45) is 0 Å². The number of rotatable bonds is 4. The Morgan fingerprint density at radius 1 is 1.00 bits per heavy atom. The molecule has 0 aromatic heterocycles. The number of aryl methyl sites for hydroxylation is 2. The van der Waals surface area contributed by atoms with E-state index in [1.165, 1.54) is 21.3 Å². The zero-order valence-electron chi connectivity index (χ0n) is 17.3. The fourth-order valence-electron chi connectivity index (χ4n) is 3.43. The number of sulfonamides is 1. The lowest BCUT2D eigenvalue weighted by molar-refractivity contribution is -0.112. The number of nitrogens with zero attached hydrogens (tertiary/aromatic N) is 1. The Kier molecular flexibility index (Phi) is 5.32. The Labute approximate surface area is 171 Å². The van der Waals surface area contributed by atoms with Crippen molar-refractivity contribution in [3.63, 3.8) is 0 Å². The highest BCUT2D eigenvalue weighted by atomic mass is 32.2. The van der Waals surface area contributed by atoms with Crippen LogP contribution in [0.25, 0.3) is 5.57 Å². The molecule has 1 N–H and O–H groups in total. The van der Waals surface area contributed by atoms with Crippen LogP contribution in [-0.2, 0) is 14.8 Å². The summed E-state index contributed by atoms with van der Waals surface area (Å²) in [4.78, 5) is 12.7. The molecule has 3 rings (SSSR count). The average molecular weight is 416 g/mol. The standard InChI is InChI=1S/C21H24N2O5S/c1-12-7-8-16(13(2)9-12)22-21(24)20-14(3)15-10-18(27-5)19(28-6)11-17(15)23(4)29(20,25)26/h7-11H,1-6H3,(H,22,24). The number of carbonyl (C=O) groups is 1. The number of methoxy groups -OCH3 is 2. The third-order valence-electron chi connectivity index (χ3n) is 5.04. The molecule has 2 aromatic carbocycles. The molecule has 154 valence electrons. The first kappa shape index (κ1) is 20.7. The van der Waals surface area contributed by atoms with Crippen LogP contribution in [0.2, 0.25) is 0 Å². The number of fused-ring (bicyclic) bond motifs is 1. The van der Waals surface area contributed by atoms with Crippen molar-refractivity contribution in [1.82, 2.24) is 0 Å². The maximum atomic E-state index is 13.1. The number of amides is 1. The molecule has 1 aliphatic rings. The van der Waals surface area contributed by atoms with Gasteiger partial charge < -0.3 is 14.8 Å². The molecule has 0 unspecified atom stereocenters. The van der Waals surface area contributed by atoms with E-state index in [0.29, 0.717) is 34.0 Å². The fourth-order valence-corrected chi connectivity index (χ4v) is 4.90. The molecule has 7 nitrogen and oxygen atoms in total. The lowest BCUT2D eigenvalue weighted by Crippen LogP contribution is -2.36. The second kappa shape index (κ2) is 7.44. The van der Waals surface area contributed by atoms with Crippen molar-refractivity contribution in [2.45, 2.75) is 20.8 Å². The summed E-state index contributed by atoms with van der Waals surface area (Å²) in [5, 5.41) is 2.74. The minimum absolute atomic E-state index is 0.292. The van der Waals surface area contributed by atoms with Gasteiger partial charge in [0, 0.05) is 24.4 Å². The normalized spacial score (nSPS) is 15.0. The van der Waals surface area contributed by atoms with Crippen LogP contribution in [0.4, 0.5) is 11.4 Å². The van der Waals surface area contributed by atoms with E-state index in [0.717, 1.165) is 15.4 Å². The Morgan fingerprint density at radius 2 is 1.62 bits per heavy atom. The van der Waals surface area contributed by atoms with E-state index in [2.05, 4.69) is 5.32 Å². The van der Waals surface area contributed by atoms with Gasteiger partial charge in [-0.15, -0.1) is 0 Å². The van der Waals surface area contributed by atoms with Gasteiger partial charge in [0.15, 0.2) is 16.4 Å². The summed E-state index contributed by atoms with van der Waals surface area (Å²) in [7, 11) is 0.348. The molecule has 0 radical (unpaired) electrons. The van der Waals surface area contributed by atoms with Crippen LogP contribution in [-0.4, -0.2) is 35.6 Å². The minimum Gasteiger partial charge on any atom is -0.493 e. The number of carbonyl (C=O) groups excluding carboxylic acids is 1. The quantitative estimate of drug-likeness (QED) is 0.825. The molecule has 29 heavy (non-hydrogen) atoms. The van der Waals surface area contributed by atoms with Crippen LogP contribution in [0.5, 0.6) is 11.5 Å². The first-order valence-electron chi connectivity index (χ1n) is 8.96. The first-order chi connectivity index (χ1) is 13.6. The van der Waals surface area contributed by atoms with E-state index in [-0.39, 0.29) is 4.91 Å². The van der Waals surface area contributed by atoms with E-state index in [4.69, 9.17) is 9.47 Å². The SMILES string of the molecule is COc1cc2c(cc1OC)N(C)S(=O)(=O)C(C(=O)Nc1ccc(C)cc1C)=C2C. The summed E-state index contributed by atoms with van der Waals surface area (Å²) in [6, 6.07) is 8.81. The van der Waals surface area contributed by atoms with Crippen LogP contribution in [0, 0.1) is 13.8 Å². The summed E-state index contributed by atoms with van der Waals surface area (Å²) < 4.78 is 38.0. The summed E-state index contributed by atoms with van der Waals surface area (Å²) >= 11 is 0. The van der Waals surface area contributed by atoms with Gasteiger partial charge in [0.1, 0.15) is 0 Å². The summed E-state index contributed by atoms with van der Waals surface area (Å²) in [5.41, 5.74) is 3.83. The van der Waals surface area contributed by atoms with Gasteiger partial charge in [0.25, 0.3) is 15.9 Å². The molecule has 2 aromatic rings. The van der Waals surface area contributed by atoms with E-state index in [1.807, 2.05) is 26.0 Å². The number of ether oxygens (including phenoxy) is 2. The fraction of sp³-hybridized carbons (Fsp3) is 0.286. The summed E-state index contributed by atoms with van der Waals surface area (Å²) in [6.45, 7) is 5.43. The third kappa shape index (κ3) is 3.44. The van der Waals surface area contributed by atoms with Gasteiger partial charge in [-0.25, -0.2) is 8.42 Å². The number of hydrogen-bond donors (Lipinski definition) is 1. The van der Waals surface area contributed by atoms with Crippen LogP contribution >= 0.6 is 0 Å².